The van der Waals surface area contributed by atoms with E-state index in [2.05, 4.69) is 71.9 Å². The van der Waals surface area contributed by atoms with Gasteiger partial charge >= 0.3 is 0 Å². The van der Waals surface area contributed by atoms with Gasteiger partial charge in [-0.1, -0.05) is 58.6 Å². The minimum Gasteiger partial charge on any atom is -0.506 e. The number of hydrogen-bond acceptors (Lipinski definition) is 4. The van der Waals surface area contributed by atoms with Crippen molar-refractivity contribution in [2.24, 2.45) is 0 Å². The molecule has 170 valence electrons. The van der Waals surface area contributed by atoms with Gasteiger partial charge in [0.1, 0.15) is 17.1 Å². The fourth-order valence-corrected chi connectivity index (χ4v) is 5.16. The van der Waals surface area contributed by atoms with Crippen molar-refractivity contribution in [1.29, 1.82) is 0 Å². The fourth-order valence-electron chi connectivity index (χ4n) is 4.38. The molecule has 0 radical (unpaired) electrons. The van der Waals surface area contributed by atoms with Gasteiger partial charge in [-0.15, -0.1) is 11.5 Å². The number of nitrogens with zero attached hydrogens (tertiary/aromatic N) is 3. The third kappa shape index (κ3) is 3.79. The van der Waals surface area contributed by atoms with Crippen molar-refractivity contribution in [3.63, 3.8) is 0 Å². The minimum atomic E-state index is 0. The van der Waals surface area contributed by atoms with E-state index in [0.29, 0.717) is 5.52 Å². The van der Waals surface area contributed by atoms with Gasteiger partial charge in [0.25, 0.3) is 0 Å². The van der Waals surface area contributed by atoms with E-state index in [4.69, 9.17) is 4.98 Å². The van der Waals surface area contributed by atoms with Gasteiger partial charge in [0, 0.05) is 38.2 Å². The first kappa shape index (κ1) is 22.6. The molecular weight excluding hydrogens is 621 g/mol. The van der Waals surface area contributed by atoms with Crippen LogP contribution in [0.4, 0.5) is 0 Å². The first-order valence-electron chi connectivity index (χ1n) is 10.7. The van der Waals surface area contributed by atoms with Gasteiger partial charge in [-0.05, 0) is 54.6 Å². The molecule has 0 unspecified atom stereocenters. The molecule has 4 nitrogen and oxygen atoms in total. The SMILES string of the molecule is Cc1cnc(-n2c3[c-]c(Sc4ccc5cccc(O)c5n4)ccc3c3ccccc32)c(C)c1.[Pt]. The minimum absolute atomic E-state index is 0. The summed E-state index contributed by atoms with van der Waals surface area (Å²) in [7, 11) is 0. The van der Waals surface area contributed by atoms with Crippen molar-refractivity contribution in [3.05, 3.63) is 96.2 Å². The first-order chi connectivity index (χ1) is 16.1. The maximum absolute atomic E-state index is 10.2. The summed E-state index contributed by atoms with van der Waals surface area (Å²) in [6.45, 7) is 4.16. The summed E-state index contributed by atoms with van der Waals surface area (Å²) in [6, 6.07) is 27.8. The molecule has 0 aliphatic carbocycles. The molecule has 6 heteroatoms. The van der Waals surface area contributed by atoms with E-state index in [-0.39, 0.29) is 26.8 Å². The predicted octanol–water partition coefficient (Wildman–Crippen LogP) is 7.00. The molecule has 3 heterocycles. The first-order valence-corrected chi connectivity index (χ1v) is 11.6. The van der Waals surface area contributed by atoms with Crippen LogP contribution in [-0.4, -0.2) is 19.6 Å². The summed E-state index contributed by atoms with van der Waals surface area (Å²) in [5, 5.41) is 14.2. The van der Waals surface area contributed by atoms with Crippen molar-refractivity contribution in [3.8, 4) is 11.6 Å². The Labute approximate surface area is 215 Å². The third-order valence-electron chi connectivity index (χ3n) is 5.84. The summed E-state index contributed by atoms with van der Waals surface area (Å²) in [5.74, 6) is 1.11. The number of para-hydroxylation sites is 2. The quantitative estimate of drug-likeness (QED) is 0.212. The number of pyridine rings is 2. The Balaban J connectivity index is 0.00000241. The molecule has 6 rings (SSSR count). The maximum atomic E-state index is 10.2. The van der Waals surface area contributed by atoms with Crippen molar-refractivity contribution in [1.82, 2.24) is 14.5 Å². The van der Waals surface area contributed by atoms with Crippen molar-refractivity contribution in [2.75, 3.05) is 0 Å². The van der Waals surface area contributed by atoms with Gasteiger partial charge < -0.3 is 9.67 Å². The van der Waals surface area contributed by atoms with Crippen LogP contribution in [-0.2, 0) is 21.1 Å². The Bertz CT molecular complexity index is 1690. The van der Waals surface area contributed by atoms with Gasteiger partial charge in [0.15, 0.2) is 0 Å². The Kier molecular flexibility index (Phi) is 5.93. The molecule has 3 aromatic heterocycles. The molecule has 34 heavy (non-hydrogen) atoms. The molecule has 0 fully saturated rings. The van der Waals surface area contributed by atoms with E-state index in [9.17, 15) is 5.11 Å². The van der Waals surface area contributed by atoms with Crippen LogP contribution in [0.3, 0.4) is 0 Å². The Hall–Kier alpha value is -3.14. The summed E-state index contributed by atoms with van der Waals surface area (Å²) in [6.07, 6.45) is 1.91. The average molecular weight is 642 g/mol. The van der Waals surface area contributed by atoms with E-state index >= 15 is 0 Å². The van der Waals surface area contributed by atoms with Crippen LogP contribution in [0.2, 0.25) is 0 Å². The van der Waals surface area contributed by atoms with Gasteiger partial charge in [-0.2, -0.15) is 12.1 Å². The molecule has 0 bridgehead atoms. The van der Waals surface area contributed by atoms with Crippen LogP contribution in [0.25, 0.3) is 38.5 Å². The Morgan fingerprint density at radius 3 is 2.62 bits per heavy atom. The molecule has 0 amide bonds. The zero-order chi connectivity index (χ0) is 22.5. The van der Waals surface area contributed by atoms with E-state index in [0.717, 1.165) is 48.7 Å². The number of aryl methyl sites for hydroxylation is 2. The summed E-state index contributed by atoms with van der Waals surface area (Å²) in [4.78, 5) is 10.4. The number of phenols is 1. The zero-order valence-electron chi connectivity index (χ0n) is 18.5. The summed E-state index contributed by atoms with van der Waals surface area (Å²) < 4.78 is 2.20. The second-order valence-corrected chi connectivity index (χ2v) is 9.25. The van der Waals surface area contributed by atoms with Crippen molar-refractivity contribution < 1.29 is 26.2 Å². The molecule has 3 aromatic carbocycles. The van der Waals surface area contributed by atoms with E-state index < -0.39 is 0 Å². The predicted molar refractivity (Wildman–Crippen MR) is 134 cm³/mol. The number of benzene rings is 3. The summed E-state index contributed by atoms with van der Waals surface area (Å²) in [5.41, 5.74) is 4.97. The van der Waals surface area contributed by atoms with Gasteiger partial charge in [-0.25, -0.2) is 9.97 Å². The summed E-state index contributed by atoms with van der Waals surface area (Å²) >= 11 is 1.53. The fraction of sp³-hybridized carbons (Fsp3) is 0.0714. The molecular formula is C28H20N3OPtS-. The number of aromatic hydroxyl groups is 1. The molecule has 1 N–H and O–H groups in total. The van der Waals surface area contributed by atoms with Crippen LogP contribution in [0.15, 0.2) is 88.9 Å². The molecule has 6 aromatic rings. The molecule has 0 saturated carbocycles. The number of fused-ring (bicyclic) bond motifs is 4. The Morgan fingerprint density at radius 1 is 0.912 bits per heavy atom. The largest absolute Gasteiger partial charge is 0.506 e. The normalized spacial score (nSPS) is 11.2. The molecule has 0 aliphatic heterocycles. The van der Waals surface area contributed by atoms with E-state index in [1.54, 1.807) is 6.07 Å². The molecule has 0 saturated heterocycles. The molecule has 0 aliphatic rings. The van der Waals surface area contributed by atoms with E-state index in [1.807, 2.05) is 30.5 Å². The number of phenolic OH excluding ortho intramolecular Hbond substituents is 1. The van der Waals surface area contributed by atoms with Gasteiger partial charge in [0.05, 0.1) is 5.03 Å². The average Bonchev–Trinajstić information content (AvgIpc) is 3.13. The smallest absolute Gasteiger partial charge is 0.141 e. The van der Waals surface area contributed by atoms with Crippen molar-refractivity contribution >= 4 is 44.5 Å². The van der Waals surface area contributed by atoms with Crippen LogP contribution in [0.5, 0.6) is 5.75 Å². The van der Waals surface area contributed by atoms with Gasteiger partial charge in [0.2, 0.25) is 0 Å². The zero-order valence-corrected chi connectivity index (χ0v) is 21.6. The number of hydrogen-bond donors (Lipinski definition) is 1. The Morgan fingerprint density at radius 2 is 1.76 bits per heavy atom. The third-order valence-corrected chi connectivity index (χ3v) is 6.74. The maximum Gasteiger partial charge on any atom is 0.141 e. The van der Waals surface area contributed by atoms with E-state index in [1.165, 1.54) is 17.1 Å². The second-order valence-electron chi connectivity index (χ2n) is 8.19. The number of aromatic nitrogens is 3. The molecule has 0 atom stereocenters. The van der Waals surface area contributed by atoms with Crippen LogP contribution in [0, 0.1) is 19.9 Å². The molecule has 0 spiro atoms. The second kappa shape index (κ2) is 8.90. The van der Waals surface area contributed by atoms with Crippen LogP contribution < -0.4 is 0 Å². The topological polar surface area (TPSA) is 50.9 Å². The monoisotopic (exact) mass is 641 g/mol. The van der Waals surface area contributed by atoms with Crippen LogP contribution in [0.1, 0.15) is 11.1 Å². The van der Waals surface area contributed by atoms with Crippen LogP contribution >= 0.6 is 11.8 Å². The van der Waals surface area contributed by atoms with Gasteiger partial charge in [-0.3, -0.25) is 0 Å². The standard InChI is InChI=1S/C28H20N3OS.Pt/c1-17-14-18(2)28(29-16-17)31-23-8-4-3-7-21(23)22-12-11-20(15-24(22)31)33-26-13-10-19-6-5-9-25(32)27(19)30-26;/h3-14,16,32H,1-2H3;/q-1;. The van der Waals surface area contributed by atoms with Crippen molar-refractivity contribution in [2.45, 2.75) is 23.8 Å². The number of rotatable bonds is 3.